The molecule has 1 saturated heterocycles. The maximum Gasteiger partial charge on any atom is 0.268 e. The third kappa shape index (κ3) is 3.53. The Hall–Kier alpha value is -1.96. The molecule has 25 heavy (non-hydrogen) atoms. The summed E-state index contributed by atoms with van der Waals surface area (Å²) in [5.41, 5.74) is 0.704. The Labute approximate surface area is 157 Å². The number of imide groups is 1. The molecule has 1 aromatic heterocycles. The summed E-state index contributed by atoms with van der Waals surface area (Å²) >= 11 is 13.5. The molecule has 0 atom stereocenters. The standard InChI is InChI=1S/C16H13Cl2N3O3S/c1-2-5-20-15-10(18)6-9(17)7-11(15)25-16(20)19-12(22)8-21-13(23)3-4-14(21)24/h2,6-7H,1,3-5,8H2. The Balaban J connectivity index is 2.03. The van der Waals surface area contributed by atoms with Crippen LogP contribution in [0, 0.1) is 0 Å². The number of benzene rings is 1. The molecule has 3 rings (SSSR count). The number of halogens is 2. The third-order valence-corrected chi connectivity index (χ3v) is 5.21. The highest BCUT2D eigenvalue weighted by molar-refractivity contribution is 7.16. The summed E-state index contributed by atoms with van der Waals surface area (Å²) in [7, 11) is 0. The van der Waals surface area contributed by atoms with Crippen LogP contribution in [0.2, 0.25) is 10.0 Å². The Morgan fingerprint density at radius 1 is 1.28 bits per heavy atom. The number of thiazole rings is 1. The Kier molecular flexibility index (Phi) is 5.08. The van der Waals surface area contributed by atoms with Crippen molar-refractivity contribution in [2.45, 2.75) is 19.4 Å². The lowest BCUT2D eigenvalue weighted by Gasteiger charge is -2.10. The zero-order chi connectivity index (χ0) is 18.1. The number of carbonyl (C=O) groups excluding carboxylic acids is 3. The molecule has 130 valence electrons. The predicted octanol–water partition coefficient (Wildman–Crippen LogP) is 2.77. The second-order valence-electron chi connectivity index (χ2n) is 5.40. The summed E-state index contributed by atoms with van der Waals surface area (Å²) in [4.78, 5) is 40.9. The molecular formula is C16H13Cl2N3O3S. The van der Waals surface area contributed by atoms with Crippen LogP contribution in [0.15, 0.2) is 29.8 Å². The number of allylic oxidation sites excluding steroid dienone is 1. The maximum absolute atomic E-state index is 12.2. The molecule has 1 fully saturated rings. The number of likely N-dealkylation sites (tertiary alicyclic amines) is 1. The minimum Gasteiger partial charge on any atom is -0.311 e. The average molecular weight is 398 g/mol. The zero-order valence-corrected chi connectivity index (χ0v) is 15.3. The predicted molar refractivity (Wildman–Crippen MR) is 96.6 cm³/mol. The molecule has 6 nitrogen and oxygen atoms in total. The average Bonchev–Trinajstić information content (AvgIpc) is 3.02. The summed E-state index contributed by atoms with van der Waals surface area (Å²) in [6.45, 7) is 3.75. The maximum atomic E-state index is 12.2. The molecule has 0 aliphatic carbocycles. The van der Waals surface area contributed by atoms with Gasteiger partial charge in [0.1, 0.15) is 6.54 Å². The van der Waals surface area contributed by atoms with Crippen molar-refractivity contribution in [1.82, 2.24) is 9.47 Å². The fraction of sp³-hybridized carbons (Fsp3) is 0.250. The molecule has 2 aromatic rings. The van der Waals surface area contributed by atoms with Gasteiger partial charge >= 0.3 is 0 Å². The lowest BCUT2D eigenvalue weighted by Crippen LogP contribution is -2.34. The van der Waals surface area contributed by atoms with Gasteiger partial charge in [-0.1, -0.05) is 40.6 Å². The van der Waals surface area contributed by atoms with E-state index < -0.39 is 5.91 Å². The van der Waals surface area contributed by atoms with Gasteiger partial charge in [-0.25, -0.2) is 0 Å². The molecule has 0 N–H and O–H groups in total. The van der Waals surface area contributed by atoms with Gasteiger partial charge in [0.05, 0.1) is 15.2 Å². The molecule has 3 amide bonds. The van der Waals surface area contributed by atoms with Crippen LogP contribution in [0.3, 0.4) is 0 Å². The van der Waals surface area contributed by atoms with Crippen LogP contribution >= 0.6 is 34.5 Å². The second-order valence-corrected chi connectivity index (χ2v) is 7.25. The third-order valence-electron chi connectivity index (χ3n) is 3.68. The van der Waals surface area contributed by atoms with Crippen molar-refractivity contribution < 1.29 is 14.4 Å². The summed E-state index contributed by atoms with van der Waals surface area (Å²) in [5.74, 6) is -1.27. The molecule has 1 aliphatic heterocycles. The van der Waals surface area contributed by atoms with E-state index in [1.165, 1.54) is 11.3 Å². The molecule has 0 bridgehead atoms. The topological polar surface area (TPSA) is 71.7 Å². The van der Waals surface area contributed by atoms with Crippen LogP contribution in [-0.4, -0.2) is 33.7 Å². The van der Waals surface area contributed by atoms with E-state index in [0.29, 0.717) is 26.9 Å². The van der Waals surface area contributed by atoms with Gasteiger partial charge in [0.15, 0.2) is 4.80 Å². The number of aromatic nitrogens is 1. The van der Waals surface area contributed by atoms with E-state index in [1.54, 1.807) is 22.8 Å². The fourth-order valence-corrected chi connectivity index (χ4v) is 4.43. The van der Waals surface area contributed by atoms with Gasteiger partial charge < -0.3 is 4.57 Å². The normalized spacial score (nSPS) is 15.4. The van der Waals surface area contributed by atoms with Crippen molar-refractivity contribution in [3.63, 3.8) is 0 Å². The molecule has 0 saturated carbocycles. The quantitative estimate of drug-likeness (QED) is 0.587. The van der Waals surface area contributed by atoms with Crippen LogP contribution in [0.25, 0.3) is 10.2 Å². The number of nitrogens with zero attached hydrogens (tertiary/aromatic N) is 3. The van der Waals surface area contributed by atoms with Crippen LogP contribution in [-0.2, 0) is 20.9 Å². The van der Waals surface area contributed by atoms with Gasteiger partial charge in [0.2, 0.25) is 11.8 Å². The first-order chi connectivity index (χ1) is 11.9. The molecule has 0 radical (unpaired) electrons. The van der Waals surface area contributed by atoms with Crippen molar-refractivity contribution in [1.29, 1.82) is 0 Å². The van der Waals surface area contributed by atoms with Gasteiger partial charge in [-0.3, -0.25) is 19.3 Å². The molecular weight excluding hydrogens is 385 g/mol. The van der Waals surface area contributed by atoms with Crippen LogP contribution in [0.1, 0.15) is 12.8 Å². The number of amides is 3. The van der Waals surface area contributed by atoms with E-state index in [0.717, 1.165) is 9.60 Å². The number of fused-ring (bicyclic) bond motifs is 1. The summed E-state index contributed by atoms with van der Waals surface area (Å²) in [6, 6.07) is 3.36. The van der Waals surface area contributed by atoms with Crippen LogP contribution in [0.4, 0.5) is 0 Å². The van der Waals surface area contributed by atoms with Crippen LogP contribution < -0.4 is 4.80 Å². The first kappa shape index (κ1) is 17.8. The monoisotopic (exact) mass is 397 g/mol. The minimum absolute atomic E-state index is 0.138. The zero-order valence-electron chi connectivity index (χ0n) is 13.0. The number of hydrogen-bond acceptors (Lipinski definition) is 4. The second kappa shape index (κ2) is 7.11. The Bertz CT molecular complexity index is 961. The summed E-state index contributed by atoms with van der Waals surface area (Å²) in [5, 5.41) is 0.926. The molecule has 1 aliphatic rings. The smallest absolute Gasteiger partial charge is 0.268 e. The van der Waals surface area contributed by atoms with E-state index in [1.807, 2.05) is 0 Å². The minimum atomic E-state index is -0.574. The van der Waals surface area contributed by atoms with E-state index >= 15 is 0 Å². The van der Waals surface area contributed by atoms with Crippen LogP contribution in [0.5, 0.6) is 0 Å². The van der Waals surface area contributed by atoms with Gasteiger partial charge in [-0.2, -0.15) is 4.99 Å². The molecule has 1 aromatic carbocycles. The lowest BCUT2D eigenvalue weighted by atomic mass is 10.3. The van der Waals surface area contributed by atoms with Gasteiger partial charge in [0, 0.05) is 24.4 Å². The van der Waals surface area contributed by atoms with Gasteiger partial charge in [0.25, 0.3) is 5.91 Å². The van der Waals surface area contributed by atoms with Crippen molar-refractivity contribution >= 4 is 62.5 Å². The van der Waals surface area contributed by atoms with E-state index in [4.69, 9.17) is 23.2 Å². The molecule has 9 heteroatoms. The number of hydrogen-bond donors (Lipinski definition) is 0. The van der Waals surface area contributed by atoms with Crippen molar-refractivity contribution in [2.24, 2.45) is 4.99 Å². The van der Waals surface area contributed by atoms with E-state index in [2.05, 4.69) is 11.6 Å². The number of rotatable bonds is 4. The van der Waals surface area contributed by atoms with Crippen molar-refractivity contribution in [2.75, 3.05) is 6.54 Å². The first-order valence-electron chi connectivity index (χ1n) is 7.40. The van der Waals surface area contributed by atoms with Gasteiger partial charge in [-0.15, -0.1) is 6.58 Å². The fourth-order valence-electron chi connectivity index (χ4n) is 2.59. The SMILES string of the molecule is C=CCn1c(=NC(=O)CN2C(=O)CCC2=O)sc2cc(Cl)cc(Cl)c21. The first-order valence-corrected chi connectivity index (χ1v) is 8.98. The number of carbonyl (C=O) groups is 3. The highest BCUT2D eigenvalue weighted by atomic mass is 35.5. The van der Waals surface area contributed by atoms with Crippen molar-refractivity contribution in [3.05, 3.63) is 39.6 Å². The highest BCUT2D eigenvalue weighted by Crippen LogP contribution is 2.29. The van der Waals surface area contributed by atoms with E-state index in [-0.39, 0.29) is 31.2 Å². The molecule has 0 spiro atoms. The summed E-state index contributed by atoms with van der Waals surface area (Å²) < 4.78 is 2.52. The van der Waals surface area contributed by atoms with Crippen molar-refractivity contribution in [3.8, 4) is 0 Å². The Morgan fingerprint density at radius 3 is 2.60 bits per heavy atom. The molecule has 2 heterocycles. The van der Waals surface area contributed by atoms with E-state index in [9.17, 15) is 14.4 Å². The lowest BCUT2D eigenvalue weighted by molar-refractivity contribution is -0.141. The largest absolute Gasteiger partial charge is 0.311 e. The molecule has 0 unspecified atom stereocenters. The summed E-state index contributed by atoms with van der Waals surface area (Å²) in [6.07, 6.45) is 1.94. The highest BCUT2D eigenvalue weighted by Gasteiger charge is 2.30. The Morgan fingerprint density at radius 2 is 1.96 bits per heavy atom. The van der Waals surface area contributed by atoms with Gasteiger partial charge in [-0.05, 0) is 12.1 Å².